The van der Waals surface area contributed by atoms with E-state index < -0.39 is 0 Å². The van der Waals surface area contributed by atoms with Gasteiger partial charge in [-0.2, -0.15) is 0 Å². The minimum absolute atomic E-state index is 1.32. The molecule has 2 aliphatic heterocycles. The van der Waals surface area contributed by atoms with Gasteiger partial charge in [-0.1, -0.05) is 71.3 Å². The van der Waals surface area contributed by atoms with Crippen LogP contribution in [0.2, 0.25) is 0 Å². The molecule has 1 aromatic heterocycles. The summed E-state index contributed by atoms with van der Waals surface area (Å²) < 4.78 is 5.65. The van der Waals surface area contributed by atoms with Gasteiger partial charge >= 0.3 is 0 Å². The maximum Gasteiger partial charge on any atom is 0.0666 e. The third kappa shape index (κ3) is 2.50. The quantitative estimate of drug-likeness (QED) is 0.458. The molecule has 0 aliphatic carbocycles. The number of rotatable bonds is 0. The van der Waals surface area contributed by atoms with Gasteiger partial charge in [-0.25, -0.2) is 0 Å². The third-order valence-corrected chi connectivity index (χ3v) is 9.80. The summed E-state index contributed by atoms with van der Waals surface area (Å²) in [6.07, 6.45) is 0. The largest absolute Gasteiger partial charge is 0.132 e. The Morgan fingerprint density at radius 2 is 1.00 bits per heavy atom. The van der Waals surface area contributed by atoms with E-state index in [1.54, 1.807) is 0 Å². The first-order valence-electron chi connectivity index (χ1n) is 7.07. The van der Waals surface area contributed by atoms with Crippen molar-refractivity contribution in [1.29, 1.82) is 0 Å². The van der Waals surface area contributed by atoms with E-state index in [2.05, 4.69) is 58.0 Å². The minimum atomic E-state index is 1.32. The molecule has 3 aromatic rings. The van der Waals surface area contributed by atoms with E-state index in [-0.39, 0.29) is 0 Å². The summed E-state index contributed by atoms with van der Waals surface area (Å²) in [5.74, 6) is 0. The van der Waals surface area contributed by atoms with E-state index in [1.165, 1.54) is 39.1 Å². The second-order valence-corrected chi connectivity index (χ2v) is 10.3. The van der Waals surface area contributed by atoms with Crippen LogP contribution in [0.1, 0.15) is 0 Å². The second kappa shape index (κ2) is 5.97. The van der Waals surface area contributed by atoms with Crippen LogP contribution in [0.5, 0.6) is 0 Å². The molecule has 0 radical (unpaired) electrons. The molecular weight excluding hydrogens is 377 g/mol. The lowest BCUT2D eigenvalue weighted by Gasteiger charge is -1.99. The Morgan fingerprint density at radius 3 is 1.43 bits per heavy atom. The lowest BCUT2D eigenvalue weighted by atomic mass is 10.1. The second-order valence-electron chi connectivity index (χ2n) is 5.10. The van der Waals surface area contributed by atoms with Crippen LogP contribution >= 0.6 is 58.4 Å². The van der Waals surface area contributed by atoms with Crippen LogP contribution in [0.3, 0.4) is 0 Å². The lowest BCUT2D eigenvalue weighted by molar-refractivity contribution is 1.80. The van der Waals surface area contributed by atoms with E-state index in [0.717, 1.165) is 0 Å². The zero-order chi connectivity index (χ0) is 15.2. The summed E-state index contributed by atoms with van der Waals surface area (Å²) in [5, 5.41) is 14.1. The van der Waals surface area contributed by atoms with Gasteiger partial charge in [0.05, 0.1) is 17.5 Å². The molecular formula is C18H10S5. The first kappa shape index (κ1) is 14.6. The van der Waals surface area contributed by atoms with Crippen molar-refractivity contribution in [3.63, 3.8) is 0 Å². The number of hydrogen-bond donors (Lipinski definition) is 0. The highest BCUT2D eigenvalue weighted by Crippen LogP contribution is 2.41. The van der Waals surface area contributed by atoms with Crippen LogP contribution < -0.4 is 9.06 Å². The number of thioether (sulfide) groups is 4. The third-order valence-electron chi connectivity index (χ3n) is 3.76. The van der Waals surface area contributed by atoms with E-state index in [1.807, 2.05) is 58.4 Å². The fourth-order valence-corrected chi connectivity index (χ4v) is 8.13. The molecule has 5 heteroatoms. The van der Waals surface area contributed by atoms with Crippen LogP contribution in [0.25, 0.3) is 30.0 Å². The maximum atomic E-state index is 2.37. The van der Waals surface area contributed by atoms with Crippen molar-refractivity contribution in [2.75, 3.05) is 0 Å². The summed E-state index contributed by atoms with van der Waals surface area (Å²) in [6, 6.07) is 13.4. The molecule has 0 saturated heterocycles. The smallest absolute Gasteiger partial charge is 0.0666 e. The number of benzene rings is 2. The zero-order valence-corrected chi connectivity index (χ0v) is 15.9. The van der Waals surface area contributed by atoms with E-state index in [0.29, 0.717) is 0 Å². The molecule has 0 bridgehead atoms. The summed E-state index contributed by atoms with van der Waals surface area (Å²) in [5.41, 5.74) is 0. The molecule has 0 unspecified atom stereocenters. The fraction of sp³-hybridized carbons (Fsp3) is 0. The highest BCUT2D eigenvalue weighted by Gasteiger charge is 2.14. The van der Waals surface area contributed by atoms with Crippen LogP contribution in [0, 0.1) is 0 Å². The molecule has 3 heterocycles. The first-order chi connectivity index (χ1) is 11.4. The van der Waals surface area contributed by atoms with Crippen molar-refractivity contribution >= 4 is 88.4 Å². The Bertz CT molecular complexity index is 1010. The van der Waals surface area contributed by atoms with Crippen molar-refractivity contribution in [3.05, 3.63) is 67.1 Å². The van der Waals surface area contributed by atoms with Gasteiger partial charge in [-0.3, -0.25) is 0 Å². The van der Waals surface area contributed by atoms with Crippen molar-refractivity contribution in [2.24, 2.45) is 0 Å². The summed E-state index contributed by atoms with van der Waals surface area (Å²) in [6.45, 7) is 0. The van der Waals surface area contributed by atoms with Gasteiger partial charge in [-0.05, 0) is 44.5 Å². The Labute approximate surface area is 154 Å². The molecule has 2 aromatic carbocycles. The van der Waals surface area contributed by atoms with Gasteiger partial charge < -0.3 is 0 Å². The molecule has 0 nitrogen and oxygen atoms in total. The van der Waals surface area contributed by atoms with Crippen molar-refractivity contribution < 1.29 is 0 Å². The Balaban J connectivity index is 1.97. The molecule has 0 atom stereocenters. The van der Waals surface area contributed by atoms with Gasteiger partial charge in [0.15, 0.2) is 0 Å². The topological polar surface area (TPSA) is 0 Å². The van der Waals surface area contributed by atoms with Crippen molar-refractivity contribution in [3.8, 4) is 0 Å². The normalized spacial score (nSPS) is 17.2. The fourth-order valence-electron chi connectivity index (χ4n) is 2.76. The van der Waals surface area contributed by atoms with Crippen LogP contribution in [-0.2, 0) is 0 Å². The van der Waals surface area contributed by atoms with Crippen LogP contribution in [0.15, 0.2) is 58.0 Å². The first-order valence-corrected chi connectivity index (χ1v) is 11.4. The highest BCUT2D eigenvalue weighted by atomic mass is 32.2. The summed E-state index contributed by atoms with van der Waals surface area (Å²) in [4.78, 5) is 0. The van der Waals surface area contributed by atoms with Crippen molar-refractivity contribution in [2.45, 2.75) is 0 Å². The predicted molar refractivity (Wildman–Crippen MR) is 114 cm³/mol. The number of fused-ring (bicyclic) bond motifs is 2. The predicted octanol–water partition coefficient (Wildman–Crippen LogP) is 6.09. The Morgan fingerprint density at radius 1 is 0.565 bits per heavy atom. The van der Waals surface area contributed by atoms with Gasteiger partial charge in [0.25, 0.3) is 0 Å². The number of hydrogen-bond acceptors (Lipinski definition) is 5. The average Bonchev–Trinajstić information content (AvgIpc) is 3.32. The molecule has 2 aliphatic rings. The molecule has 0 N–H and O–H groups in total. The van der Waals surface area contributed by atoms with Gasteiger partial charge in [0.2, 0.25) is 0 Å². The molecule has 23 heavy (non-hydrogen) atoms. The van der Waals surface area contributed by atoms with Gasteiger partial charge in [0, 0.05) is 10.8 Å². The van der Waals surface area contributed by atoms with Crippen molar-refractivity contribution in [1.82, 2.24) is 0 Å². The summed E-state index contributed by atoms with van der Waals surface area (Å²) >= 11 is 9.31. The van der Waals surface area contributed by atoms with Crippen LogP contribution in [0.4, 0.5) is 0 Å². The standard InChI is InChI=1S/C18H10S5/c1-2-4-12-10-14-13(9-11(12)3-1)15(17-19-5-6-20-17)23-16(14)18-21-7-8-22-18/h1-10H. The minimum Gasteiger partial charge on any atom is -0.132 e. The van der Waals surface area contributed by atoms with Gasteiger partial charge in [-0.15, -0.1) is 11.3 Å². The molecule has 0 fully saturated rings. The average molecular weight is 387 g/mol. The molecule has 112 valence electrons. The Kier molecular flexibility index (Phi) is 3.79. The zero-order valence-electron chi connectivity index (χ0n) is 11.8. The monoisotopic (exact) mass is 386 g/mol. The highest BCUT2D eigenvalue weighted by molar-refractivity contribution is 8.35. The SMILES string of the molecule is C1=CSC(=c2sc(=C3SC=CS3)c3cc4ccccc4cc23)S1. The number of thiophene rings is 1. The molecule has 0 amide bonds. The van der Waals surface area contributed by atoms with E-state index >= 15 is 0 Å². The maximum absolute atomic E-state index is 2.37. The molecule has 0 saturated carbocycles. The van der Waals surface area contributed by atoms with Gasteiger partial charge in [0.1, 0.15) is 0 Å². The summed E-state index contributed by atoms with van der Waals surface area (Å²) in [7, 11) is 0. The lowest BCUT2D eigenvalue weighted by Crippen LogP contribution is -1.96. The Hall–Kier alpha value is -0.720. The molecule has 0 spiro atoms. The van der Waals surface area contributed by atoms with Crippen LogP contribution in [-0.4, -0.2) is 0 Å². The van der Waals surface area contributed by atoms with E-state index in [4.69, 9.17) is 0 Å². The molecule has 5 rings (SSSR count). The van der Waals surface area contributed by atoms with E-state index in [9.17, 15) is 0 Å².